The summed E-state index contributed by atoms with van der Waals surface area (Å²) < 4.78 is 19.2. The number of hydrogen-bond acceptors (Lipinski definition) is 4. The van der Waals surface area contributed by atoms with Crippen LogP contribution >= 0.6 is 0 Å². The molecule has 0 heterocycles. The van der Waals surface area contributed by atoms with E-state index >= 15 is 0 Å². The van der Waals surface area contributed by atoms with E-state index in [4.69, 9.17) is 9.84 Å². The molecule has 1 aliphatic rings. The fraction of sp³-hybridized carbons (Fsp3) is 0.160. The number of halogens is 1. The highest BCUT2D eigenvalue weighted by Gasteiger charge is 2.29. The summed E-state index contributed by atoms with van der Waals surface area (Å²) in [5, 5.41) is 13.6. The predicted octanol–water partition coefficient (Wildman–Crippen LogP) is 4.39. The van der Waals surface area contributed by atoms with Gasteiger partial charge in [-0.3, -0.25) is 14.9 Å². The highest BCUT2D eigenvalue weighted by Crippen LogP contribution is 2.44. The topological polar surface area (TPSA) is 105 Å². The Kier molecular flexibility index (Phi) is 6.35. The normalized spacial score (nSPS) is 11.9. The van der Waals surface area contributed by atoms with Gasteiger partial charge in [0.25, 0.3) is 5.91 Å². The number of fused-ring (bicyclic) bond motifs is 3. The molecule has 3 aromatic carbocycles. The maximum atomic E-state index is 13.7. The molecule has 0 fully saturated rings. The van der Waals surface area contributed by atoms with Crippen LogP contribution in [0.4, 0.5) is 14.9 Å². The van der Waals surface area contributed by atoms with Crippen molar-refractivity contribution < 1.29 is 28.6 Å². The quantitative estimate of drug-likeness (QED) is 0.497. The van der Waals surface area contributed by atoms with E-state index in [1.54, 1.807) is 0 Å². The molecular formula is C25H21FN2O5. The first-order chi connectivity index (χ1) is 15.9. The van der Waals surface area contributed by atoms with E-state index in [0.29, 0.717) is 0 Å². The van der Waals surface area contributed by atoms with Gasteiger partial charge in [0.05, 0.1) is 17.7 Å². The van der Waals surface area contributed by atoms with Gasteiger partial charge in [-0.05, 0) is 40.5 Å². The molecule has 168 valence electrons. The Labute approximate surface area is 189 Å². The molecule has 0 unspecified atom stereocenters. The summed E-state index contributed by atoms with van der Waals surface area (Å²) in [6.45, 7) is -0.0454. The van der Waals surface area contributed by atoms with Gasteiger partial charge in [0.15, 0.2) is 0 Å². The molecular weight excluding hydrogens is 427 g/mol. The highest BCUT2D eigenvalue weighted by atomic mass is 19.1. The summed E-state index contributed by atoms with van der Waals surface area (Å²) in [5.74, 6) is -2.58. The lowest BCUT2D eigenvalue weighted by Gasteiger charge is -2.15. The lowest BCUT2D eigenvalue weighted by atomic mass is 9.98. The number of benzene rings is 3. The Balaban J connectivity index is 1.45. The summed E-state index contributed by atoms with van der Waals surface area (Å²) in [6.07, 6.45) is -1.07. The second-order valence-corrected chi connectivity index (χ2v) is 7.54. The van der Waals surface area contributed by atoms with Crippen molar-refractivity contribution in [3.8, 4) is 11.1 Å². The number of aliphatic carboxylic acids is 1. The summed E-state index contributed by atoms with van der Waals surface area (Å²) in [4.78, 5) is 35.5. The minimum absolute atomic E-state index is 0.0569. The molecule has 0 spiro atoms. The summed E-state index contributed by atoms with van der Waals surface area (Å²) >= 11 is 0. The molecule has 3 N–H and O–H groups in total. The van der Waals surface area contributed by atoms with E-state index in [2.05, 4.69) is 10.6 Å². The molecule has 0 saturated heterocycles. The van der Waals surface area contributed by atoms with Crippen LogP contribution in [-0.4, -0.2) is 36.2 Å². The molecule has 0 bridgehead atoms. The van der Waals surface area contributed by atoms with Crippen LogP contribution in [0.3, 0.4) is 0 Å². The first-order valence-electron chi connectivity index (χ1n) is 10.4. The fourth-order valence-electron chi connectivity index (χ4n) is 3.94. The zero-order chi connectivity index (χ0) is 23.4. The predicted molar refractivity (Wildman–Crippen MR) is 120 cm³/mol. The summed E-state index contributed by atoms with van der Waals surface area (Å²) in [6, 6.07) is 19.2. The van der Waals surface area contributed by atoms with Crippen molar-refractivity contribution in [1.29, 1.82) is 0 Å². The Morgan fingerprint density at radius 2 is 1.58 bits per heavy atom. The molecule has 0 aromatic heterocycles. The average molecular weight is 448 g/mol. The van der Waals surface area contributed by atoms with E-state index in [-0.39, 0.29) is 36.7 Å². The molecule has 0 radical (unpaired) electrons. The second-order valence-electron chi connectivity index (χ2n) is 7.54. The largest absolute Gasteiger partial charge is 0.481 e. The van der Waals surface area contributed by atoms with Gasteiger partial charge in [0, 0.05) is 12.5 Å². The first kappa shape index (κ1) is 22.0. The van der Waals surface area contributed by atoms with Gasteiger partial charge in [0.1, 0.15) is 12.4 Å². The monoisotopic (exact) mass is 448 g/mol. The third kappa shape index (κ3) is 4.85. The maximum absolute atomic E-state index is 13.7. The van der Waals surface area contributed by atoms with Crippen LogP contribution in [0.15, 0.2) is 66.7 Å². The van der Waals surface area contributed by atoms with Gasteiger partial charge < -0.3 is 15.2 Å². The third-order valence-electron chi connectivity index (χ3n) is 5.43. The molecule has 4 rings (SSSR count). The van der Waals surface area contributed by atoms with Gasteiger partial charge in [-0.25, -0.2) is 9.18 Å². The van der Waals surface area contributed by atoms with Crippen LogP contribution in [0.2, 0.25) is 0 Å². The first-order valence-corrected chi connectivity index (χ1v) is 10.4. The fourth-order valence-corrected chi connectivity index (χ4v) is 3.94. The average Bonchev–Trinajstić information content (AvgIpc) is 3.12. The Morgan fingerprint density at radius 3 is 2.21 bits per heavy atom. The van der Waals surface area contributed by atoms with Crippen LogP contribution in [-0.2, 0) is 9.53 Å². The van der Waals surface area contributed by atoms with Crippen molar-refractivity contribution in [2.75, 3.05) is 18.5 Å². The SMILES string of the molecule is O=C(O)CCNC(=O)c1cc(F)ccc1NC(=O)OCC1c2ccccc2-c2ccccc21. The highest BCUT2D eigenvalue weighted by molar-refractivity contribution is 6.02. The van der Waals surface area contributed by atoms with Crippen molar-refractivity contribution in [1.82, 2.24) is 5.32 Å². The molecule has 1 aliphatic carbocycles. The zero-order valence-electron chi connectivity index (χ0n) is 17.5. The minimum atomic E-state index is -1.08. The summed E-state index contributed by atoms with van der Waals surface area (Å²) in [5.41, 5.74) is 4.25. The molecule has 33 heavy (non-hydrogen) atoms. The standard InChI is InChI=1S/C25H21FN2O5/c26-15-9-10-22(20(13-15)24(31)27-12-11-23(29)30)28-25(32)33-14-21-18-7-3-1-5-16(18)17-6-2-4-8-19(17)21/h1-10,13,21H,11-12,14H2,(H,27,31)(H,28,32)(H,29,30). The van der Waals surface area contributed by atoms with E-state index in [0.717, 1.165) is 34.4 Å². The van der Waals surface area contributed by atoms with Gasteiger partial charge in [-0.15, -0.1) is 0 Å². The van der Waals surface area contributed by atoms with Crippen LogP contribution in [0, 0.1) is 5.82 Å². The number of anilines is 1. The molecule has 2 amide bonds. The number of amides is 2. The van der Waals surface area contributed by atoms with Crippen LogP contribution in [0.25, 0.3) is 11.1 Å². The number of nitrogens with one attached hydrogen (secondary N) is 2. The Bertz CT molecular complexity index is 1180. The smallest absolute Gasteiger partial charge is 0.411 e. The molecule has 0 aliphatic heterocycles. The van der Waals surface area contributed by atoms with Gasteiger partial charge in [-0.2, -0.15) is 0 Å². The van der Waals surface area contributed by atoms with E-state index in [9.17, 15) is 18.8 Å². The number of carbonyl (C=O) groups excluding carboxylic acids is 2. The number of hydrogen-bond donors (Lipinski definition) is 3. The van der Waals surface area contributed by atoms with Crippen molar-refractivity contribution in [3.63, 3.8) is 0 Å². The Morgan fingerprint density at radius 1 is 0.939 bits per heavy atom. The van der Waals surface area contributed by atoms with Crippen molar-refractivity contribution in [2.45, 2.75) is 12.3 Å². The molecule has 7 nitrogen and oxygen atoms in total. The van der Waals surface area contributed by atoms with Crippen LogP contribution < -0.4 is 10.6 Å². The van der Waals surface area contributed by atoms with Crippen LogP contribution in [0.1, 0.15) is 33.8 Å². The lowest BCUT2D eigenvalue weighted by Crippen LogP contribution is -2.28. The maximum Gasteiger partial charge on any atom is 0.411 e. The van der Waals surface area contributed by atoms with Gasteiger partial charge >= 0.3 is 12.1 Å². The number of carboxylic acids is 1. The van der Waals surface area contributed by atoms with Crippen molar-refractivity contribution in [2.24, 2.45) is 0 Å². The Hall–Kier alpha value is -4.20. The molecule has 8 heteroatoms. The summed E-state index contributed by atoms with van der Waals surface area (Å²) in [7, 11) is 0. The number of carboxylic acid groups (broad SMARTS) is 1. The van der Waals surface area contributed by atoms with Crippen molar-refractivity contribution in [3.05, 3.63) is 89.2 Å². The second kappa shape index (κ2) is 9.52. The van der Waals surface area contributed by atoms with Gasteiger partial charge in [-0.1, -0.05) is 48.5 Å². The number of carbonyl (C=O) groups is 3. The number of ether oxygens (including phenoxy) is 1. The van der Waals surface area contributed by atoms with E-state index in [1.807, 2.05) is 48.5 Å². The third-order valence-corrected chi connectivity index (χ3v) is 5.43. The minimum Gasteiger partial charge on any atom is -0.481 e. The molecule has 0 saturated carbocycles. The van der Waals surface area contributed by atoms with E-state index < -0.39 is 23.8 Å². The number of rotatable bonds is 7. The van der Waals surface area contributed by atoms with Gasteiger partial charge in [0.2, 0.25) is 0 Å². The van der Waals surface area contributed by atoms with Crippen LogP contribution in [0.5, 0.6) is 0 Å². The van der Waals surface area contributed by atoms with Crippen molar-refractivity contribution >= 4 is 23.7 Å². The molecule has 3 aromatic rings. The lowest BCUT2D eigenvalue weighted by molar-refractivity contribution is -0.136. The molecule has 0 atom stereocenters. The zero-order valence-corrected chi connectivity index (χ0v) is 17.5. The van der Waals surface area contributed by atoms with E-state index in [1.165, 1.54) is 6.07 Å².